The first kappa shape index (κ1) is 31.1. The first-order valence-electron chi connectivity index (χ1n) is 14.2. The predicted octanol–water partition coefficient (Wildman–Crippen LogP) is 3.82. The number of anilines is 1. The zero-order valence-electron chi connectivity index (χ0n) is 24.3. The van der Waals surface area contributed by atoms with Gasteiger partial charge >= 0.3 is 5.97 Å². The third-order valence-electron chi connectivity index (χ3n) is 7.71. The molecular weight excluding hydrogens is 564 g/mol. The number of likely N-dealkylation sites (N-methyl/N-ethyl adjacent to an activating group) is 1. The molecule has 0 saturated carbocycles. The Morgan fingerprint density at radius 2 is 1.68 bits per heavy atom. The van der Waals surface area contributed by atoms with E-state index in [1.807, 2.05) is 25.8 Å². The molecule has 10 nitrogen and oxygen atoms in total. The summed E-state index contributed by atoms with van der Waals surface area (Å²) in [5, 5.41) is 3.52. The molecule has 12 heteroatoms. The number of carbonyl (C=O) groups is 3. The normalized spacial score (nSPS) is 16.7. The van der Waals surface area contributed by atoms with Crippen molar-refractivity contribution in [2.45, 2.75) is 57.4 Å². The molecule has 41 heavy (non-hydrogen) atoms. The van der Waals surface area contributed by atoms with Gasteiger partial charge in [-0.1, -0.05) is 13.8 Å². The summed E-state index contributed by atoms with van der Waals surface area (Å²) >= 11 is 1.44. The summed E-state index contributed by atoms with van der Waals surface area (Å²) in [6.07, 6.45) is 3.25. The number of nitrogens with one attached hydrogen (secondary N) is 1. The molecule has 2 aliphatic heterocycles. The lowest BCUT2D eigenvalue weighted by molar-refractivity contribution is -0.146. The Kier molecular flexibility index (Phi) is 10.2. The van der Waals surface area contributed by atoms with Crippen LogP contribution in [-0.2, 0) is 32.5 Å². The van der Waals surface area contributed by atoms with Crippen LogP contribution >= 0.6 is 11.3 Å². The summed E-state index contributed by atoms with van der Waals surface area (Å²) < 4.78 is 32.6. The van der Waals surface area contributed by atoms with Gasteiger partial charge in [0.05, 0.1) is 23.5 Å². The molecule has 1 N–H and O–H groups in total. The van der Waals surface area contributed by atoms with E-state index in [9.17, 15) is 22.8 Å². The maximum atomic E-state index is 13.7. The molecule has 0 radical (unpaired) electrons. The fourth-order valence-corrected chi connectivity index (χ4v) is 8.24. The average Bonchev–Trinajstić information content (AvgIpc) is 3.32. The number of rotatable bonds is 10. The van der Waals surface area contributed by atoms with Crippen LogP contribution in [0.4, 0.5) is 5.00 Å². The van der Waals surface area contributed by atoms with Gasteiger partial charge in [-0.2, -0.15) is 4.31 Å². The fraction of sp³-hybridized carbons (Fsp3) is 0.552. The zero-order chi connectivity index (χ0) is 29.7. The van der Waals surface area contributed by atoms with E-state index in [0.717, 1.165) is 42.8 Å². The van der Waals surface area contributed by atoms with Crippen LogP contribution in [0.3, 0.4) is 0 Å². The van der Waals surface area contributed by atoms with E-state index in [4.69, 9.17) is 4.74 Å². The number of fused-ring (bicyclic) bond motifs is 1. The number of amides is 2. The van der Waals surface area contributed by atoms with Gasteiger partial charge in [-0.3, -0.25) is 14.4 Å². The van der Waals surface area contributed by atoms with Crippen molar-refractivity contribution < 1.29 is 27.5 Å². The molecule has 0 aliphatic carbocycles. The first-order valence-corrected chi connectivity index (χ1v) is 16.5. The Balaban J connectivity index is 1.53. The van der Waals surface area contributed by atoms with Crippen LogP contribution < -0.4 is 5.32 Å². The minimum absolute atomic E-state index is 0.0523. The number of carbonyl (C=O) groups excluding carboxylic acids is 3. The number of methoxy groups -OCH3 is 1. The number of ether oxygens (including phenoxy) is 1. The van der Waals surface area contributed by atoms with Crippen molar-refractivity contribution in [3.63, 3.8) is 0 Å². The highest BCUT2D eigenvalue weighted by molar-refractivity contribution is 7.89. The Hall–Kier alpha value is -2.80. The summed E-state index contributed by atoms with van der Waals surface area (Å²) in [6, 6.07) is 5.85. The molecular formula is C29H40N4O6S2. The van der Waals surface area contributed by atoms with Crippen LogP contribution in [0.5, 0.6) is 0 Å². The van der Waals surface area contributed by atoms with E-state index >= 15 is 0 Å². The Labute approximate surface area is 246 Å². The van der Waals surface area contributed by atoms with Gasteiger partial charge in [0.1, 0.15) is 5.00 Å². The minimum atomic E-state index is -3.77. The molecule has 1 saturated heterocycles. The molecule has 2 aromatic rings. The lowest BCUT2D eigenvalue weighted by atomic mass is 9.99. The molecule has 1 fully saturated rings. The number of nitrogens with zero attached hydrogens (tertiary/aromatic N) is 3. The van der Waals surface area contributed by atoms with Crippen LogP contribution in [0.1, 0.15) is 70.7 Å². The van der Waals surface area contributed by atoms with Gasteiger partial charge in [-0.25, -0.2) is 8.42 Å². The lowest BCUT2D eigenvalue weighted by Gasteiger charge is -2.29. The second-order valence-corrected chi connectivity index (χ2v) is 13.7. The van der Waals surface area contributed by atoms with Crippen LogP contribution in [0.2, 0.25) is 0 Å². The number of thiophene rings is 1. The second-order valence-electron chi connectivity index (χ2n) is 10.7. The second kappa shape index (κ2) is 13.5. The average molecular weight is 605 g/mol. The van der Waals surface area contributed by atoms with E-state index < -0.39 is 15.9 Å². The molecule has 3 heterocycles. The molecule has 2 aliphatic rings. The highest BCUT2D eigenvalue weighted by Gasteiger charge is 2.33. The summed E-state index contributed by atoms with van der Waals surface area (Å²) in [5.41, 5.74) is 1.90. The van der Waals surface area contributed by atoms with Gasteiger partial charge in [-0.15, -0.1) is 11.3 Å². The third kappa shape index (κ3) is 6.82. The standard InChI is InChI=1S/C29H40N4O6S2/c1-5-14-32(15-6-2)28(35)25-23-13-16-31(3)19-24(23)40-27(25)30-26(34)20-7-9-22(10-8-20)41(37,38)33-17-11-21(12-18-33)29(36)39-4/h7-10,21H,5-6,11-19H2,1-4H3,(H,30,34). The van der Waals surface area contributed by atoms with Crippen LogP contribution in [-0.4, -0.2) is 87.2 Å². The quantitative estimate of drug-likeness (QED) is 0.410. The molecule has 4 rings (SSSR count). The predicted molar refractivity (Wildman–Crippen MR) is 159 cm³/mol. The number of esters is 1. The van der Waals surface area contributed by atoms with Gasteiger partial charge in [0.25, 0.3) is 11.8 Å². The number of benzene rings is 1. The largest absolute Gasteiger partial charge is 0.469 e. The van der Waals surface area contributed by atoms with Crippen molar-refractivity contribution in [3.8, 4) is 0 Å². The van der Waals surface area contributed by atoms with Crippen molar-refractivity contribution >= 4 is 44.1 Å². The maximum Gasteiger partial charge on any atom is 0.308 e. The van der Waals surface area contributed by atoms with E-state index in [0.29, 0.717) is 42.1 Å². The maximum absolute atomic E-state index is 13.7. The summed E-state index contributed by atoms with van der Waals surface area (Å²) in [7, 11) is -0.393. The van der Waals surface area contributed by atoms with E-state index in [1.165, 1.54) is 47.0 Å². The molecule has 0 bridgehead atoms. The number of hydrogen-bond donors (Lipinski definition) is 1. The zero-order valence-corrected chi connectivity index (χ0v) is 25.9. The smallest absolute Gasteiger partial charge is 0.308 e. The number of sulfonamides is 1. The van der Waals surface area contributed by atoms with Gasteiger partial charge in [0.15, 0.2) is 0 Å². The van der Waals surface area contributed by atoms with Gasteiger partial charge in [0, 0.05) is 49.7 Å². The summed E-state index contributed by atoms with van der Waals surface area (Å²) in [6.45, 7) is 7.42. The SMILES string of the molecule is CCCN(CCC)C(=O)c1c(NC(=O)c2ccc(S(=O)(=O)N3CCC(C(=O)OC)CC3)cc2)sc2c1CCN(C)C2. The highest BCUT2D eigenvalue weighted by Crippen LogP contribution is 2.38. The molecule has 1 aromatic carbocycles. The topological polar surface area (TPSA) is 116 Å². The van der Waals surface area contributed by atoms with E-state index in [-0.39, 0.29) is 35.8 Å². The molecule has 1 aromatic heterocycles. The van der Waals surface area contributed by atoms with Crippen LogP contribution in [0, 0.1) is 5.92 Å². The summed E-state index contributed by atoms with van der Waals surface area (Å²) in [5.74, 6) is -1.06. The van der Waals surface area contributed by atoms with Crippen molar-refractivity contribution in [1.29, 1.82) is 0 Å². The summed E-state index contributed by atoms with van der Waals surface area (Å²) in [4.78, 5) is 44.1. The molecule has 0 spiro atoms. The number of hydrogen-bond acceptors (Lipinski definition) is 8. The Morgan fingerprint density at radius 3 is 2.27 bits per heavy atom. The van der Waals surface area contributed by atoms with E-state index in [2.05, 4.69) is 10.2 Å². The monoisotopic (exact) mass is 604 g/mol. The molecule has 0 unspecified atom stereocenters. The van der Waals surface area contributed by atoms with Gasteiger partial charge in [-0.05, 0) is 69.0 Å². The van der Waals surface area contributed by atoms with Crippen molar-refractivity contribution in [2.75, 3.05) is 52.2 Å². The Morgan fingerprint density at radius 1 is 1.05 bits per heavy atom. The van der Waals surface area contributed by atoms with Crippen LogP contribution in [0.25, 0.3) is 0 Å². The highest BCUT2D eigenvalue weighted by atomic mass is 32.2. The van der Waals surface area contributed by atoms with Crippen molar-refractivity contribution in [2.24, 2.45) is 5.92 Å². The Bertz CT molecular complexity index is 1360. The minimum Gasteiger partial charge on any atom is -0.469 e. The number of piperidine rings is 1. The van der Waals surface area contributed by atoms with Crippen molar-refractivity contribution in [3.05, 3.63) is 45.8 Å². The van der Waals surface area contributed by atoms with E-state index in [1.54, 1.807) is 0 Å². The molecule has 2 amide bonds. The fourth-order valence-electron chi connectivity index (χ4n) is 5.46. The molecule has 0 atom stereocenters. The first-order chi connectivity index (χ1) is 19.6. The van der Waals surface area contributed by atoms with Gasteiger partial charge in [0.2, 0.25) is 10.0 Å². The third-order valence-corrected chi connectivity index (χ3v) is 10.8. The van der Waals surface area contributed by atoms with Gasteiger partial charge < -0.3 is 19.9 Å². The van der Waals surface area contributed by atoms with Crippen LogP contribution in [0.15, 0.2) is 29.2 Å². The molecule has 224 valence electrons. The lowest BCUT2D eigenvalue weighted by Crippen LogP contribution is -2.40. The van der Waals surface area contributed by atoms with Crippen molar-refractivity contribution in [1.82, 2.24) is 14.1 Å².